The Morgan fingerprint density at radius 3 is 1.88 bits per heavy atom. The molecule has 0 amide bonds. The first kappa shape index (κ1) is 16.0. The van der Waals surface area contributed by atoms with E-state index < -0.39 is 0 Å². The van der Waals surface area contributed by atoms with E-state index in [1.807, 2.05) is 43.3 Å². The van der Waals surface area contributed by atoms with Gasteiger partial charge in [0.25, 0.3) is 0 Å². The first-order valence-corrected chi connectivity index (χ1v) is 8.14. The van der Waals surface area contributed by atoms with E-state index in [9.17, 15) is 4.79 Å². The van der Waals surface area contributed by atoms with E-state index in [4.69, 9.17) is 4.74 Å². The van der Waals surface area contributed by atoms with Crippen LogP contribution in [0.3, 0.4) is 0 Å². The summed E-state index contributed by atoms with van der Waals surface area (Å²) in [5, 5.41) is 0. The molecule has 0 heterocycles. The summed E-state index contributed by atoms with van der Waals surface area (Å²) >= 11 is 0. The van der Waals surface area contributed by atoms with Crippen LogP contribution >= 0.6 is 0 Å². The molecular weight excluding hydrogens is 296 g/mol. The van der Waals surface area contributed by atoms with E-state index in [2.05, 4.69) is 31.2 Å². The molecule has 2 heteroatoms. The number of rotatable bonds is 4. The predicted octanol–water partition coefficient (Wildman–Crippen LogP) is 5.44. The number of aryl methyl sites for hydroxylation is 2. The van der Waals surface area contributed by atoms with Gasteiger partial charge in [0.2, 0.25) is 0 Å². The third-order valence-corrected chi connectivity index (χ3v) is 4.05. The van der Waals surface area contributed by atoms with Crippen LogP contribution in [-0.2, 0) is 6.42 Å². The van der Waals surface area contributed by atoms with Crippen molar-refractivity contribution in [3.05, 3.63) is 89.5 Å². The average Bonchev–Trinajstić information content (AvgIpc) is 2.63. The second-order valence-electron chi connectivity index (χ2n) is 5.83. The Bertz CT molecular complexity index is 813. The van der Waals surface area contributed by atoms with Crippen LogP contribution in [0, 0.1) is 6.92 Å². The van der Waals surface area contributed by atoms with Gasteiger partial charge in [-0.05, 0) is 54.3 Å². The highest BCUT2D eigenvalue weighted by Crippen LogP contribution is 2.23. The van der Waals surface area contributed by atoms with Crippen molar-refractivity contribution in [1.29, 1.82) is 0 Å². The van der Waals surface area contributed by atoms with Crippen LogP contribution in [0.1, 0.15) is 28.4 Å². The molecule has 0 atom stereocenters. The third kappa shape index (κ3) is 3.72. The van der Waals surface area contributed by atoms with Crippen molar-refractivity contribution in [2.24, 2.45) is 0 Å². The Morgan fingerprint density at radius 1 is 0.792 bits per heavy atom. The lowest BCUT2D eigenvalue weighted by Crippen LogP contribution is -2.08. The molecule has 0 N–H and O–H groups in total. The average molecular weight is 316 g/mol. The van der Waals surface area contributed by atoms with Gasteiger partial charge in [-0.3, -0.25) is 0 Å². The summed E-state index contributed by atoms with van der Waals surface area (Å²) in [4.78, 5) is 12.1. The Labute approximate surface area is 142 Å². The molecule has 0 fully saturated rings. The minimum atomic E-state index is -0.338. The summed E-state index contributed by atoms with van der Waals surface area (Å²) < 4.78 is 5.43. The number of esters is 1. The molecule has 0 aliphatic rings. The number of carbonyl (C=O) groups excluding carboxylic acids is 1. The Kier molecular flexibility index (Phi) is 4.76. The van der Waals surface area contributed by atoms with E-state index in [0.717, 1.165) is 23.1 Å². The maximum absolute atomic E-state index is 12.1. The molecule has 0 saturated carbocycles. The Hall–Kier alpha value is -2.87. The molecular formula is C22H20O2. The van der Waals surface area contributed by atoms with Crippen LogP contribution in [0.2, 0.25) is 0 Å². The maximum Gasteiger partial charge on any atom is 0.343 e. The topological polar surface area (TPSA) is 26.3 Å². The van der Waals surface area contributed by atoms with E-state index >= 15 is 0 Å². The van der Waals surface area contributed by atoms with Gasteiger partial charge < -0.3 is 4.74 Å². The monoisotopic (exact) mass is 316 g/mol. The molecule has 3 rings (SSSR count). The Morgan fingerprint density at radius 2 is 1.33 bits per heavy atom. The van der Waals surface area contributed by atoms with Gasteiger partial charge in [0.1, 0.15) is 5.75 Å². The summed E-state index contributed by atoms with van der Waals surface area (Å²) in [5.74, 6) is 0.213. The molecule has 3 aromatic rings. The van der Waals surface area contributed by atoms with Gasteiger partial charge in [-0.1, -0.05) is 61.0 Å². The fraction of sp³-hybridized carbons (Fsp3) is 0.136. The minimum Gasteiger partial charge on any atom is -0.423 e. The molecule has 0 spiro atoms. The first-order valence-electron chi connectivity index (χ1n) is 8.14. The molecule has 0 bridgehead atoms. The summed E-state index contributed by atoms with van der Waals surface area (Å²) in [5.41, 5.74) is 5.25. The highest BCUT2D eigenvalue weighted by Gasteiger charge is 2.08. The third-order valence-electron chi connectivity index (χ3n) is 4.05. The molecule has 0 aliphatic heterocycles. The van der Waals surface area contributed by atoms with Gasteiger partial charge in [0, 0.05) is 0 Å². The van der Waals surface area contributed by atoms with Gasteiger partial charge >= 0.3 is 5.97 Å². The van der Waals surface area contributed by atoms with E-state index in [1.54, 1.807) is 12.1 Å². The maximum atomic E-state index is 12.1. The number of benzene rings is 3. The first-order chi connectivity index (χ1) is 11.7. The van der Waals surface area contributed by atoms with Crippen LogP contribution in [0.4, 0.5) is 0 Å². The van der Waals surface area contributed by atoms with Gasteiger partial charge in [0.15, 0.2) is 0 Å². The zero-order valence-corrected chi connectivity index (χ0v) is 14.0. The standard InChI is InChI=1S/C22H20O2/c1-3-17-6-10-18(11-7-17)19-12-14-21(15-13-19)24-22(23)20-8-4-16(2)5-9-20/h4-15H,3H2,1-2H3. The number of hydrogen-bond donors (Lipinski definition) is 0. The van der Waals surface area contributed by atoms with Crippen molar-refractivity contribution < 1.29 is 9.53 Å². The van der Waals surface area contributed by atoms with Crippen LogP contribution < -0.4 is 4.74 Å². The van der Waals surface area contributed by atoms with Crippen molar-refractivity contribution >= 4 is 5.97 Å². The zero-order chi connectivity index (χ0) is 16.9. The molecule has 0 radical (unpaired) electrons. The molecule has 2 nitrogen and oxygen atoms in total. The van der Waals surface area contributed by atoms with Crippen molar-refractivity contribution in [2.75, 3.05) is 0 Å². The van der Waals surface area contributed by atoms with E-state index in [1.165, 1.54) is 5.56 Å². The summed E-state index contributed by atoms with van der Waals surface area (Å²) in [6, 6.07) is 23.5. The Balaban J connectivity index is 1.71. The number of carbonyl (C=O) groups is 1. The lowest BCUT2D eigenvalue weighted by molar-refractivity contribution is 0.0735. The van der Waals surface area contributed by atoms with Gasteiger partial charge in [0.05, 0.1) is 5.56 Å². The van der Waals surface area contributed by atoms with Crippen molar-refractivity contribution in [1.82, 2.24) is 0 Å². The zero-order valence-electron chi connectivity index (χ0n) is 14.0. The number of hydrogen-bond acceptors (Lipinski definition) is 2. The second kappa shape index (κ2) is 7.14. The molecule has 120 valence electrons. The summed E-state index contributed by atoms with van der Waals surface area (Å²) in [6.07, 6.45) is 1.04. The van der Waals surface area contributed by atoms with Crippen LogP contribution in [0.5, 0.6) is 5.75 Å². The quantitative estimate of drug-likeness (QED) is 0.473. The second-order valence-corrected chi connectivity index (χ2v) is 5.83. The fourth-order valence-electron chi connectivity index (χ4n) is 2.50. The lowest BCUT2D eigenvalue weighted by atomic mass is 10.0. The minimum absolute atomic E-state index is 0.338. The van der Waals surface area contributed by atoms with Crippen LogP contribution in [-0.4, -0.2) is 5.97 Å². The van der Waals surface area contributed by atoms with Crippen molar-refractivity contribution in [3.63, 3.8) is 0 Å². The largest absolute Gasteiger partial charge is 0.423 e. The van der Waals surface area contributed by atoms with Crippen molar-refractivity contribution in [2.45, 2.75) is 20.3 Å². The molecule has 0 saturated heterocycles. The van der Waals surface area contributed by atoms with Crippen LogP contribution in [0.25, 0.3) is 11.1 Å². The van der Waals surface area contributed by atoms with Gasteiger partial charge in [-0.25, -0.2) is 4.79 Å². The van der Waals surface area contributed by atoms with Gasteiger partial charge in [-0.2, -0.15) is 0 Å². The summed E-state index contributed by atoms with van der Waals surface area (Å²) in [6.45, 7) is 4.13. The molecule has 0 unspecified atom stereocenters. The van der Waals surface area contributed by atoms with Crippen LogP contribution in [0.15, 0.2) is 72.8 Å². The normalized spacial score (nSPS) is 10.4. The predicted molar refractivity (Wildman–Crippen MR) is 97.4 cm³/mol. The van der Waals surface area contributed by atoms with E-state index in [0.29, 0.717) is 11.3 Å². The summed E-state index contributed by atoms with van der Waals surface area (Å²) in [7, 11) is 0. The highest BCUT2D eigenvalue weighted by molar-refractivity contribution is 5.91. The smallest absolute Gasteiger partial charge is 0.343 e. The SMILES string of the molecule is CCc1ccc(-c2ccc(OC(=O)c3ccc(C)cc3)cc2)cc1. The highest BCUT2D eigenvalue weighted by atomic mass is 16.5. The van der Waals surface area contributed by atoms with Crippen molar-refractivity contribution in [3.8, 4) is 16.9 Å². The number of ether oxygens (including phenoxy) is 1. The van der Waals surface area contributed by atoms with E-state index in [-0.39, 0.29) is 5.97 Å². The molecule has 0 aromatic heterocycles. The fourth-order valence-corrected chi connectivity index (χ4v) is 2.50. The molecule has 3 aromatic carbocycles. The lowest BCUT2D eigenvalue weighted by Gasteiger charge is -2.07. The molecule has 24 heavy (non-hydrogen) atoms. The van der Waals surface area contributed by atoms with Gasteiger partial charge in [-0.15, -0.1) is 0 Å². The molecule has 0 aliphatic carbocycles.